The average Bonchev–Trinajstić information content (AvgIpc) is 2.93. The van der Waals surface area contributed by atoms with Crippen molar-refractivity contribution in [1.82, 2.24) is 4.57 Å². The molecule has 0 aliphatic carbocycles. The van der Waals surface area contributed by atoms with Crippen LogP contribution in [0.3, 0.4) is 0 Å². The third-order valence-corrected chi connectivity index (χ3v) is 3.65. The van der Waals surface area contributed by atoms with E-state index in [4.69, 9.17) is 4.74 Å². The third kappa shape index (κ3) is 3.26. The number of benzene rings is 2. The first-order valence-electron chi connectivity index (χ1n) is 7.23. The molecule has 0 unspecified atom stereocenters. The van der Waals surface area contributed by atoms with Gasteiger partial charge in [-0.1, -0.05) is 36.4 Å². The number of aromatic hydroxyl groups is 1. The van der Waals surface area contributed by atoms with Crippen molar-refractivity contribution >= 4 is 10.9 Å². The molecule has 0 spiro atoms. The minimum Gasteiger partial charge on any atom is -0.507 e. The number of nitrogens with zero attached hydrogens (tertiary/aromatic N) is 1. The van der Waals surface area contributed by atoms with Gasteiger partial charge in [-0.2, -0.15) is 0 Å². The minimum absolute atomic E-state index is 0.330. The average molecular weight is 281 g/mol. The van der Waals surface area contributed by atoms with Crippen LogP contribution in [0, 0.1) is 0 Å². The van der Waals surface area contributed by atoms with E-state index in [0.29, 0.717) is 12.4 Å². The van der Waals surface area contributed by atoms with E-state index in [-0.39, 0.29) is 0 Å². The molecule has 3 heteroatoms. The van der Waals surface area contributed by atoms with E-state index >= 15 is 0 Å². The number of aromatic nitrogens is 1. The molecule has 0 radical (unpaired) electrons. The number of hydrogen-bond acceptors (Lipinski definition) is 2. The Hall–Kier alpha value is -2.26. The highest BCUT2D eigenvalue weighted by Crippen LogP contribution is 2.24. The van der Waals surface area contributed by atoms with Crippen LogP contribution in [0.1, 0.15) is 5.56 Å². The van der Waals surface area contributed by atoms with Gasteiger partial charge in [0.15, 0.2) is 0 Å². The summed E-state index contributed by atoms with van der Waals surface area (Å²) in [6.45, 7) is 2.20. The van der Waals surface area contributed by atoms with Crippen molar-refractivity contribution in [3.63, 3.8) is 0 Å². The number of phenolic OH excluding ortho intramolecular Hbond substituents is 1. The molecule has 3 nitrogen and oxygen atoms in total. The van der Waals surface area contributed by atoms with E-state index in [0.717, 1.165) is 30.5 Å². The van der Waals surface area contributed by atoms with E-state index in [1.807, 2.05) is 42.6 Å². The second kappa shape index (κ2) is 6.46. The lowest BCUT2D eigenvalue weighted by atomic mass is 10.2. The van der Waals surface area contributed by atoms with Crippen molar-refractivity contribution in [3.8, 4) is 5.75 Å². The molecule has 3 aromatic rings. The van der Waals surface area contributed by atoms with E-state index in [1.54, 1.807) is 6.07 Å². The van der Waals surface area contributed by atoms with Crippen LogP contribution in [0.4, 0.5) is 0 Å². The summed E-state index contributed by atoms with van der Waals surface area (Å²) in [4.78, 5) is 0. The van der Waals surface area contributed by atoms with Gasteiger partial charge in [0, 0.05) is 18.1 Å². The molecule has 0 aliphatic heterocycles. The highest BCUT2D eigenvalue weighted by Gasteiger charge is 2.04. The maximum atomic E-state index is 9.78. The summed E-state index contributed by atoms with van der Waals surface area (Å²) in [6, 6.07) is 17.9. The molecular weight excluding hydrogens is 262 g/mol. The Morgan fingerprint density at radius 2 is 1.76 bits per heavy atom. The van der Waals surface area contributed by atoms with Crippen LogP contribution < -0.4 is 0 Å². The standard InChI is InChI=1S/C18H19NO2/c20-18-8-4-7-17-16(18)9-11-19(17)12-14-21-13-10-15-5-2-1-3-6-15/h1-9,11,20H,10,12-14H2. The Balaban J connectivity index is 1.50. The molecule has 1 aromatic heterocycles. The lowest BCUT2D eigenvalue weighted by molar-refractivity contribution is 0.130. The first-order valence-corrected chi connectivity index (χ1v) is 7.23. The van der Waals surface area contributed by atoms with Crippen LogP contribution >= 0.6 is 0 Å². The molecule has 2 aromatic carbocycles. The summed E-state index contributed by atoms with van der Waals surface area (Å²) in [6.07, 6.45) is 2.93. The Morgan fingerprint density at radius 1 is 0.905 bits per heavy atom. The lowest BCUT2D eigenvalue weighted by Crippen LogP contribution is -2.07. The quantitative estimate of drug-likeness (QED) is 0.700. The van der Waals surface area contributed by atoms with Crippen LogP contribution in [0.25, 0.3) is 10.9 Å². The molecule has 3 rings (SSSR count). The third-order valence-electron chi connectivity index (χ3n) is 3.65. The predicted molar refractivity (Wildman–Crippen MR) is 84.6 cm³/mol. The van der Waals surface area contributed by atoms with Crippen molar-refractivity contribution in [3.05, 3.63) is 66.4 Å². The molecule has 1 heterocycles. The molecular formula is C18H19NO2. The fourth-order valence-corrected chi connectivity index (χ4v) is 2.50. The maximum absolute atomic E-state index is 9.78. The smallest absolute Gasteiger partial charge is 0.124 e. The van der Waals surface area contributed by atoms with Crippen molar-refractivity contribution in [2.24, 2.45) is 0 Å². The fourth-order valence-electron chi connectivity index (χ4n) is 2.50. The van der Waals surface area contributed by atoms with E-state index < -0.39 is 0 Å². The SMILES string of the molecule is Oc1cccc2c1ccn2CCOCCc1ccccc1. The fraction of sp³-hybridized carbons (Fsp3) is 0.222. The molecule has 1 N–H and O–H groups in total. The minimum atomic E-state index is 0.330. The lowest BCUT2D eigenvalue weighted by Gasteiger charge is -2.07. The van der Waals surface area contributed by atoms with Gasteiger partial charge in [0.25, 0.3) is 0 Å². The molecule has 0 aliphatic rings. The van der Waals surface area contributed by atoms with Crippen molar-refractivity contribution in [2.75, 3.05) is 13.2 Å². The van der Waals surface area contributed by atoms with Crippen molar-refractivity contribution < 1.29 is 9.84 Å². The van der Waals surface area contributed by atoms with Gasteiger partial charge >= 0.3 is 0 Å². The van der Waals surface area contributed by atoms with Gasteiger partial charge in [-0.05, 0) is 30.2 Å². The zero-order valence-electron chi connectivity index (χ0n) is 11.9. The first kappa shape index (κ1) is 13.7. The second-order valence-corrected chi connectivity index (χ2v) is 5.07. The number of rotatable bonds is 6. The van der Waals surface area contributed by atoms with Crippen LogP contribution in [0.2, 0.25) is 0 Å². The van der Waals surface area contributed by atoms with Gasteiger partial charge < -0.3 is 14.4 Å². The number of hydrogen-bond donors (Lipinski definition) is 1. The Morgan fingerprint density at radius 3 is 2.62 bits per heavy atom. The number of phenols is 1. The second-order valence-electron chi connectivity index (χ2n) is 5.07. The van der Waals surface area contributed by atoms with Gasteiger partial charge in [-0.15, -0.1) is 0 Å². The molecule has 0 saturated carbocycles. The van der Waals surface area contributed by atoms with Crippen LogP contribution in [-0.4, -0.2) is 22.9 Å². The highest BCUT2D eigenvalue weighted by molar-refractivity contribution is 5.86. The number of ether oxygens (including phenoxy) is 1. The Bertz CT molecular complexity index is 704. The van der Waals surface area contributed by atoms with Gasteiger partial charge in [0.05, 0.1) is 18.7 Å². The number of fused-ring (bicyclic) bond motifs is 1. The van der Waals surface area contributed by atoms with Crippen molar-refractivity contribution in [2.45, 2.75) is 13.0 Å². The van der Waals surface area contributed by atoms with Crippen molar-refractivity contribution in [1.29, 1.82) is 0 Å². The van der Waals surface area contributed by atoms with Gasteiger partial charge in [0.2, 0.25) is 0 Å². The maximum Gasteiger partial charge on any atom is 0.124 e. The zero-order valence-corrected chi connectivity index (χ0v) is 11.9. The van der Waals surface area contributed by atoms with Crippen LogP contribution in [0.15, 0.2) is 60.8 Å². The van der Waals surface area contributed by atoms with Gasteiger partial charge in [0.1, 0.15) is 5.75 Å². The zero-order chi connectivity index (χ0) is 14.5. The summed E-state index contributed by atoms with van der Waals surface area (Å²) < 4.78 is 7.82. The summed E-state index contributed by atoms with van der Waals surface area (Å²) in [5.41, 5.74) is 2.34. The summed E-state index contributed by atoms with van der Waals surface area (Å²) >= 11 is 0. The highest BCUT2D eigenvalue weighted by atomic mass is 16.5. The van der Waals surface area contributed by atoms with Gasteiger partial charge in [-0.25, -0.2) is 0 Å². The Labute approximate surface area is 124 Å². The normalized spacial score (nSPS) is 11.0. The van der Waals surface area contributed by atoms with E-state index in [9.17, 15) is 5.11 Å². The molecule has 0 fully saturated rings. The van der Waals surface area contributed by atoms with E-state index in [1.165, 1.54) is 5.56 Å². The summed E-state index contributed by atoms with van der Waals surface area (Å²) in [7, 11) is 0. The molecule has 0 bridgehead atoms. The predicted octanol–water partition coefficient (Wildman–Crippen LogP) is 3.61. The largest absolute Gasteiger partial charge is 0.507 e. The van der Waals surface area contributed by atoms with Crippen LogP contribution in [-0.2, 0) is 17.7 Å². The molecule has 0 atom stereocenters. The topological polar surface area (TPSA) is 34.4 Å². The summed E-state index contributed by atoms with van der Waals surface area (Å²) in [5, 5.41) is 10.7. The van der Waals surface area contributed by atoms with Gasteiger partial charge in [-0.3, -0.25) is 0 Å². The monoisotopic (exact) mass is 281 g/mol. The molecule has 21 heavy (non-hydrogen) atoms. The summed E-state index contributed by atoms with van der Waals surface area (Å²) in [5.74, 6) is 0.330. The molecule has 0 amide bonds. The molecule has 0 saturated heterocycles. The Kier molecular flexibility index (Phi) is 4.22. The molecule has 108 valence electrons. The van der Waals surface area contributed by atoms with Crippen LogP contribution in [0.5, 0.6) is 5.75 Å². The van der Waals surface area contributed by atoms with E-state index in [2.05, 4.69) is 16.7 Å². The first-order chi connectivity index (χ1) is 10.3.